The second-order valence-corrected chi connectivity index (χ2v) is 5.71. The number of methoxy groups -OCH3 is 1. The fourth-order valence-corrected chi connectivity index (χ4v) is 3.18. The van der Waals surface area contributed by atoms with Crippen molar-refractivity contribution in [2.45, 2.75) is 25.8 Å². The molecule has 0 saturated carbocycles. The molecule has 1 N–H and O–H groups in total. The molecule has 0 unspecified atom stereocenters. The molecule has 19 heavy (non-hydrogen) atoms. The van der Waals surface area contributed by atoms with Crippen LogP contribution in [0.3, 0.4) is 0 Å². The summed E-state index contributed by atoms with van der Waals surface area (Å²) in [4.78, 5) is 2.50. The molecular weight excluding hydrogens is 238 g/mol. The summed E-state index contributed by atoms with van der Waals surface area (Å²) in [7, 11) is 1.75. The van der Waals surface area contributed by atoms with Crippen LogP contribution in [0.5, 0.6) is 0 Å². The first-order chi connectivity index (χ1) is 9.21. The zero-order valence-corrected chi connectivity index (χ0v) is 12.0. The second-order valence-electron chi connectivity index (χ2n) is 5.71. The van der Waals surface area contributed by atoms with Gasteiger partial charge in [0.05, 0.1) is 6.61 Å². The smallest absolute Gasteiger partial charge is 0.0532 e. The van der Waals surface area contributed by atoms with E-state index in [1.54, 1.807) is 7.11 Å². The molecule has 1 aromatic carbocycles. The van der Waals surface area contributed by atoms with Crippen molar-refractivity contribution in [2.24, 2.45) is 5.41 Å². The van der Waals surface area contributed by atoms with E-state index < -0.39 is 0 Å². The first-order valence-corrected chi connectivity index (χ1v) is 7.09. The molecule has 0 aromatic heterocycles. The summed E-state index contributed by atoms with van der Waals surface area (Å²) in [6, 6.07) is 11.1. The number of rotatable bonds is 6. The van der Waals surface area contributed by atoms with Gasteiger partial charge in [0, 0.05) is 31.7 Å². The Bertz CT molecular complexity index is 374. The number of hydrogen-bond donors (Lipinski definition) is 1. The Hall–Kier alpha value is -0.900. The zero-order valence-electron chi connectivity index (χ0n) is 12.0. The number of ether oxygens (including phenoxy) is 1. The summed E-state index contributed by atoms with van der Waals surface area (Å²) in [5.74, 6) is 0. The Morgan fingerprint density at radius 1 is 1.37 bits per heavy atom. The van der Waals surface area contributed by atoms with Gasteiger partial charge in [-0.1, -0.05) is 30.3 Å². The highest BCUT2D eigenvalue weighted by Crippen LogP contribution is 2.38. The summed E-state index contributed by atoms with van der Waals surface area (Å²) >= 11 is 0. The molecule has 2 rings (SSSR count). The van der Waals surface area contributed by atoms with Crippen molar-refractivity contribution < 1.29 is 9.84 Å². The Morgan fingerprint density at radius 2 is 2.11 bits per heavy atom. The molecule has 1 fully saturated rings. The summed E-state index contributed by atoms with van der Waals surface area (Å²) in [5.41, 5.74) is 1.49. The molecule has 2 atom stereocenters. The topological polar surface area (TPSA) is 32.7 Å². The third-order valence-corrected chi connectivity index (χ3v) is 4.39. The quantitative estimate of drug-likeness (QED) is 0.856. The van der Waals surface area contributed by atoms with Gasteiger partial charge in [-0.15, -0.1) is 0 Å². The normalized spacial score (nSPS) is 25.6. The molecule has 3 heteroatoms. The Labute approximate surface area is 116 Å². The first kappa shape index (κ1) is 14.5. The maximum absolute atomic E-state index is 9.29. The maximum Gasteiger partial charge on any atom is 0.0532 e. The van der Waals surface area contributed by atoms with Crippen LogP contribution in [0.25, 0.3) is 0 Å². The van der Waals surface area contributed by atoms with Crippen molar-refractivity contribution in [3.63, 3.8) is 0 Å². The molecule has 1 heterocycles. The Balaban J connectivity index is 2.04. The lowest BCUT2D eigenvalue weighted by atomic mass is 9.85. The lowest BCUT2D eigenvalue weighted by molar-refractivity contribution is 0.0586. The minimum Gasteiger partial charge on any atom is -0.396 e. The Kier molecular flexibility index (Phi) is 4.97. The van der Waals surface area contributed by atoms with E-state index in [1.807, 2.05) is 0 Å². The van der Waals surface area contributed by atoms with Gasteiger partial charge in [0.25, 0.3) is 0 Å². The monoisotopic (exact) mass is 263 g/mol. The van der Waals surface area contributed by atoms with E-state index in [2.05, 4.69) is 42.2 Å². The lowest BCUT2D eigenvalue weighted by Crippen LogP contribution is -2.33. The summed E-state index contributed by atoms with van der Waals surface area (Å²) in [5, 5.41) is 9.29. The van der Waals surface area contributed by atoms with Crippen LogP contribution in [0.4, 0.5) is 0 Å². The molecule has 1 aromatic rings. The number of hydrogen-bond acceptors (Lipinski definition) is 3. The largest absolute Gasteiger partial charge is 0.396 e. The molecule has 1 aliphatic rings. The number of likely N-dealkylation sites (tertiary alicyclic amines) is 1. The van der Waals surface area contributed by atoms with Gasteiger partial charge in [0.15, 0.2) is 0 Å². The van der Waals surface area contributed by atoms with E-state index in [1.165, 1.54) is 5.56 Å². The average Bonchev–Trinajstić information content (AvgIpc) is 2.84. The van der Waals surface area contributed by atoms with Gasteiger partial charge < -0.3 is 9.84 Å². The summed E-state index contributed by atoms with van der Waals surface area (Å²) in [6.45, 7) is 5.34. The number of aliphatic hydroxyl groups excluding tert-OH is 1. The van der Waals surface area contributed by atoms with Gasteiger partial charge in [0.2, 0.25) is 0 Å². The van der Waals surface area contributed by atoms with Gasteiger partial charge in [-0.05, 0) is 31.9 Å². The summed E-state index contributed by atoms with van der Waals surface area (Å²) < 4.78 is 5.38. The fourth-order valence-electron chi connectivity index (χ4n) is 3.18. The lowest BCUT2D eigenvalue weighted by Gasteiger charge is -2.30. The molecule has 0 radical (unpaired) electrons. The third-order valence-electron chi connectivity index (χ3n) is 4.39. The molecule has 0 aliphatic carbocycles. The molecule has 3 nitrogen and oxygen atoms in total. The van der Waals surface area contributed by atoms with Crippen molar-refractivity contribution >= 4 is 0 Å². The van der Waals surface area contributed by atoms with E-state index in [-0.39, 0.29) is 12.0 Å². The second kappa shape index (κ2) is 6.51. The van der Waals surface area contributed by atoms with Crippen LogP contribution in [-0.4, -0.2) is 43.4 Å². The molecule has 106 valence electrons. The highest BCUT2D eigenvalue weighted by molar-refractivity contribution is 5.18. The SMILES string of the molecule is COC[C@]1(CCO)CCN([C@H](C)c2ccccc2)C1. The minimum absolute atomic E-state index is 0.131. The average molecular weight is 263 g/mol. The van der Waals surface area contributed by atoms with E-state index in [0.717, 1.165) is 32.5 Å². The minimum atomic E-state index is 0.131. The van der Waals surface area contributed by atoms with Crippen molar-refractivity contribution in [1.82, 2.24) is 4.90 Å². The molecule has 0 amide bonds. The maximum atomic E-state index is 9.29. The van der Waals surface area contributed by atoms with Crippen LogP contribution in [0.15, 0.2) is 30.3 Å². The number of benzene rings is 1. The predicted octanol–water partition coefficient (Wildman–Crippen LogP) is 2.47. The van der Waals surface area contributed by atoms with Gasteiger partial charge in [0.1, 0.15) is 0 Å². The zero-order chi connectivity index (χ0) is 13.7. The van der Waals surface area contributed by atoms with Gasteiger partial charge in [-0.3, -0.25) is 4.90 Å². The highest BCUT2D eigenvalue weighted by atomic mass is 16.5. The van der Waals surface area contributed by atoms with Crippen LogP contribution >= 0.6 is 0 Å². The van der Waals surface area contributed by atoms with Crippen LogP contribution in [0.1, 0.15) is 31.4 Å². The third kappa shape index (κ3) is 3.35. The van der Waals surface area contributed by atoms with Gasteiger partial charge in [-0.25, -0.2) is 0 Å². The molecule has 0 bridgehead atoms. The predicted molar refractivity (Wildman–Crippen MR) is 77.1 cm³/mol. The van der Waals surface area contributed by atoms with Crippen molar-refractivity contribution in [3.05, 3.63) is 35.9 Å². The summed E-state index contributed by atoms with van der Waals surface area (Å²) in [6.07, 6.45) is 1.94. The first-order valence-electron chi connectivity index (χ1n) is 7.09. The van der Waals surface area contributed by atoms with Crippen LogP contribution < -0.4 is 0 Å². The van der Waals surface area contributed by atoms with E-state index >= 15 is 0 Å². The van der Waals surface area contributed by atoms with Crippen LogP contribution in [-0.2, 0) is 4.74 Å². The molecule has 1 saturated heterocycles. The van der Waals surface area contributed by atoms with Crippen molar-refractivity contribution in [1.29, 1.82) is 0 Å². The molecule has 0 spiro atoms. The van der Waals surface area contributed by atoms with Crippen molar-refractivity contribution in [2.75, 3.05) is 33.4 Å². The van der Waals surface area contributed by atoms with Gasteiger partial charge >= 0.3 is 0 Å². The molecular formula is C16H25NO2. The fraction of sp³-hybridized carbons (Fsp3) is 0.625. The van der Waals surface area contributed by atoms with Gasteiger partial charge in [-0.2, -0.15) is 0 Å². The van der Waals surface area contributed by atoms with Crippen LogP contribution in [0, 0.1) is 5.41 Å². The standard InChI is InChI=1S/C16H25NO2/c1-14(15-6-4-3-5-7-15)17-10-8-16(12-17,9-11-18)13-19-2/h3-7,14,18H,8-13H2,1-2H3/t14-,16+/m1/s1. The van der Waals surface area contributed by atoms with Crippen molar-refractivity contribution in [3.8, 4) is 0 Å². The molecule has 1 aliphatic heterocycles. The number of nitrogens with zero attached hydrogens (tertiary/aromatic N) is 1. The van der Waals surface area contributed by atoms with E-state index in [9.17, 15) is 5.11 Å². The van der Waals surface area contributed by atoms with Crippen LogP contribution in [0.2, 0.25) is 0 Å². The van der Waals surface area contributed by atoms with E-state index in [0.29, 0.717) is 6.04 Å². The highest BCUT2D eigenvalue weighted by Gasteiger charge is 2.39. The van der Waals surface area contributed by atoms with E-state index in [4.69, 9.17) is 4.74 Å². The number of aliphatic hydroxyl groups is 1. The Morgan fingerprint density at radius 3 is 2.74 bits per heavy atom.